The number of hydrogen-bond acceptors (Lipinski definition) is 3. The molecular weight excluding hydrogens is 168 g/mol. The van der Waals surface area contributed by atoms with E-state index in [4.69, 9.17) is 9.15 Å². The lowest BCUT2D eigenvalue weighted by molar-refractivity contribution is 0.100. The quantitative estimate of drug-likeness (QED) is 0.651. The van der Waals surface area contributed by atoms with Crippen molar-refractivity contribution in [2.75, 3.05) is 6.61 Å². The molecule has 1 aliphatic rings. The molecular formula is C10H10O3. The van der Waals surface area contributed by atoms with Gasteiger partial charge in [-0.25, -0.2) is 0 Å². The summed E-state index contributed by atoms with van der Waals surface area (Å²) < 4.78 is 10.2. The second kappa shape index (κ2) is 3.09. The summed E-state index contributed by atoms with van der Waals surface area (Å²) in [6.07, 6.45) is 2.19. The molecule has 0 aliphatic carbocycles. The lowest BCUT2D eigenvalue weighted by Crippen LogP contribution is -1.99. The second-order valence-electron chi connectivity index (χ2n) is 3.00. The van der Waals surface area contributed by atoms with Crippen molar-refractivity contribution in [2.24, 2.45) is 0 Å². The molecule has 1 aliphatic heterocycles. The van der Waals surface area contributed by atoms with Gasteiger partial charge in [0.05, 0.1) is 12.9 Å². The molecule has 13 heavy (non-hydrogen) atoms. The minimum absolute atomic E-state index is 0.0643. The van der Waals surface area contributed by atoms with Crippen molar-refractivity contribution in [3.05, 3.63) is 35.5 Å². The molecule has 1 aromatic heterocycles. The van der Waals surface area contributed by atoms with Crippen molar-refractivity contribution in [1.29, 1.82) is 0 Å². The van der Waals surface area contributed by atoms with Crippen LogP contribution in [0.1, 0.15) is 22.7 Å². The molecule has 68 valence electrons. The SMILES string of the molecule is Cc1ccc(C(=O)C2=COCC2)o1. The fourth-order valence-electron chi connectivity index (χ4n) is 1.27. The molecule has 0 aromatic carbocycles. The lowest BCUT2D eigenvalue weighted by atomic mass is 10.1. The summed E-state index contributed by atoms with van der Waals surface area (Å²) >= 11 is 0. The van der Waals surface area contributed by atoms with Crippen LogP contribution >= 0.6 is 0 Å². The fraction of sp³-hybridized carbons (Fsp3) is 0.300. The second-order valence-corrected chi connectivity index (χ2v) is 3.00. The van der Waals surface area contributed by atoms with E-state index in [1.807, 2.05) is 6.92 Å². The highest BCUT2D eigenvalue weighted by Crippen LogP contribution is 2.18. The summed E-state index contributed by atoms with van der Waals surface area (Å²) in [5.41, 5.74) is 0.689. The Balaban J connectivity index is 2.22. The highest BCUT2D eigenvalue weighted by atomic mass is 16.5. The Morgan fingerprint density at radius 1 is 1.46 bits per heavy atom. The van der Waals surface area contributed by atoms with Crippen molar-refractivity contribution >= 4 is 5.78 Å². The lowest BCUT2D eigenvalue weighted by Gasteiger charge is -1.93. The molecule has 0 N–H and O–H groups in total. The van der Waals surface area contributed by atoms with Gasteiger partial charge in [-0.1, -0.05) is 0 Å². The summed E-state index contributed by atoms with van der Waals surface area (Å²) in [5, 5.41) is 0. The van der Waals surface area contributed by atoms with E-state index in [1.54, 1.807) is 12.1 Å². The van der Waals surface area contributed by atoms with Gasteiger partial charge in [-0.05, 0) is 19.1 Å². The zero-order valence-corrected chi connectivity index (χ0v) is 7.37. The van der Waals surface area contributed by atoms with Crippen LogP contribution in [-0.4, -0.2) is 12.4 Å². The van der Waals surface area contributed by atoms with Gasteiger partial charge in [0.15, 0.2) is 5.76 Å². The molecule has 0 saturated carbocycles. The van der Waals surface area contributed by atoms with Gasteiger partial charge in [-0.15, -0.1) is 0 Å². The standard InChI is InChI=1S/C10H10O3/c1-7-2-3-9(13-7)10(11)8-4-5-12-6-8/h2-3,6H,4-5H2,1H3. The molecule has 2 rings (SSSR count). The van der Waals surface area contributed by atoms with Crippen LogP contribution in [0.2, 0.25) is 0 Å². The molecule has 0 spiro atoms. The molecule has 0 saturated heterocycles. The van der Waals surface area contributed by atoms with E-state index in [-0.39, 0.29) is 5.78 Å². The van der Waals surface area contributed by atoms with Crippen LogP contribution in [-0.2, 0) is 4.74 Å². The molecule has 0 bridgehead atoms. The van der Waals surface area contributed by atoms with Crippen LogP contribution in [0.3, 0.4) is 0 Å². The molecule has 3 heteroatoms. The number of furan rings is 1. The van der Waals surface area contributed by atoms with Gasteiger partial charge in [-0.3, -0.25) is 4.79 Å². The largest absolute Gasteiger partial charge is 0.500 e. The zero-order chi connectivity index (χ0) is 9.26. The van der Waals surface area contributed by atoms with Gasteiger partial charge >= 0.3 is 0 Å². The molecule has 0 fully saturated rings. The van der Waals surface area contributed by atoms with E-state index in [1.165, 1.54) is 6.26 Å². The number of rotatable bonds is 2. The van der Waals surface area contributed by atoms with Crippen LogP contribution in [0.25, 0.3) is 0 Å². The Hall–Kier alpha value is -1.51. The first-order valence-corrected chi connectivity index (χ1v) is 4.19. The van der Waals surface area contributed by atoms with Crippen molar-refractivity contribution in [3.63, 3.8) is 0 Å². The Kier molecular flexibility index (Phi) is 1.93. The van der Waals surface area contributed by atoms with Gasteiger partial charge < -0.3 is 9.15 Å². The number of hydrogen-bond donors (Lipinski definition) is 0. The predicted molar refractivity (Wildman–Crippen MR) is 46.4 cm³/mol. The molecule has 0 radical (unpaired) electrons. The highest BCUT2D eigenvalue weighted by molar-refractivity contribution is 6.06. The number of Topliss-reactive ketones (excluding diaryl/α,β-unsaturated/α-hetero) is 1. The van der Waals surface area contributed by atoms with Crippen molar-refractivity contribution < 1.29 is 13.9 Å². The Bertz CT molecular complexity index is 360. The number of aryl methyl sites for hydroxylation is 1. The van der Waals surface area contributed by atoms with Crippen molar-refractivity contribution in [3.8, 4) is 0 Å². The molecule has 0 amide bonds. The Morgan fingerprint density at radius 2 is 2.31 bits per heavy atom. The third kappa shape index (κ3) is 1.49. The summed E-state index contributed by atoms with van der Waals surface area (Å²) in [4.78, 5) is 11.6. The predicted octanol–water partition coefficient (Wildman–Crippen LogP) is 2.07. The zero-order valence-electron chi connectivity index (χ0n) is 7.37. The van der Waals surface area contributed by atoms with E-state index in [0.29, 0.717) is 24.4 Å². The first-order chi connectivity index (χ1) is 6.27. The third-order valence-corrected chi connectivity index (χ3v) is 1.97. The monoisotopic (exact) mass is 178 g/mol. The van der Waals surface area contributed by atoms with E-state index in [9.17, 15) is 4.79 Å². The van der Waals surface area contributed by atoms with E-state index < -0.39 is 0 Å². The minimum Gasteiger partial charge on any atom is -0.500 e. The summed E-state index contributed by atoms with van der Waals surface area (Å²) in [7, 11) is 0. The average molecular weight is 178 g/mol. The molecule has 2 heterocycles. The van der Waals surface area contributed by atoms with Crippen LogP contribution < -0.4 is 0 Å². The topological polar surface area (TPSA) is 39.4 Å². The summed E-state index contributed by atoms with van der Waals surface area (Å²) in [5.74, 6) is 1.09. The van der Waals surface area contributed by atoms with E-state index >= 15 is 0 Å². The minimum atomic E-state index is -0.0643. The number of carbonyl (C=O) groups is 1. The van der Waals surface area contributed by atoms with Crippen LogP contribution in [0, 0.1) is 6.92 Å². The van der Waals surface area contributed by atoms with Gasteiger partial charge in [0, 0.05) is 12.0 Å². The maximum Gasteiger partial charge on any atom is 0.227 e. The van der Waals surface area contributed by atoms with Gasteiger partial charge in [0.1, 0.15) is 5.76 Å². The van der Waals surface area contributed by atoms with Gasteiger partial charge in [0.25, 0.3) is 0 Å². The van der Waals surface area contributed by atoms with E-state index in [0.717, 1.165) is 5.76 Å². The fourth-order valence-corrected chi connectivity index (χ4v) is 1.27. The third-order valence-electron chi connectivity index (χ3n) is 1.97. The Morgan fingerprint density at radius 3 is 2.85 bits per heavy atom. The number of ether oxygens (including phenoxy) is 1. The number of carbonyl (C=O) groups excluding carboxylic acids is 1. The van der Waals surface area contributed by atoms with E-state index in [2.05, 4.69) is 0 Å². The summed E-state index contributed by atoms with van der Waals surface area (Å²) in [6.45, 7) is 2.41. The van der Waals surface area contributed by atoms with Gasteiger partial charge in [-0.2, -0.15) is 0 Å². The van der Waals surface area contributed by atoms with Crippen molar-refractivity contribution in [1.82, 2.24) is 0 Å². The normalized spacial score (nSPS) is 15.3. The summed E-state index contributed by atoms with van der Waals surface area (Å²) in [6, 6.07) is 3.47. The molecule has 0 unspecified atom stereocenters. The highest BCUT2D eigenvalue weighted by Gasteiger charge is 2.18. The smallest absolute Gasteiger partial charge is 0.227 e. The van der Waals surface area contributed by atoms with Crippen LogP contribution in [0.4, 0.5) is 0 Å². The van der Waals surface area contributed by atoms with Gasteiger partial charge in [0.2, 0.25) is 5.78 Å². The average Bonchev–Trinajstić information content (AvgIpc) is 2.72. The first-order valence-electron chi connectivity index (χ1n) is 4.19. The molecule has 0 atom stereocenters. The first kappa shape index (κ1) is 8.10. The van der Waals surface area contributed by atoms with Crippen molar-refractivity contribution in [2.45, 2.75) is 13.3 Å². The molecule has 1 aromatic rings. The maximum absolute atomic E-state index is 11.6. The van der Waals surface area contributed by atoms with Crippen LogP contribution in [0.5, 0.6) is 0 Å². The Labute approximate surface area is 76.0 Å². The number of ketones is 1. The maximum atomic E-state index is 11.6. The molecule has 3 nitrogen and oxygen atoms in total. The van der Waals surface area contributed by atoms with Crippen LogP contribution in [0.15, 0.2) is 28.4 Å².